The summed E-state index contributed by atoms with van der Waals surface area (Å²) in [4.78, 5) is 37.4. The molecular weight excluding hydrogens is 448 g/mol. The Morgan fingerprint density at radius 1 is 1.21 bits per heavy atom. The number of rotatable bonds is 8. The highest BCUT2D eigenvalue weighted by Gasteiger charge is 2.32. The van der Waals surface area contributed by atoms with Crippen LogP contribution in [0.4, 0.5) is 5.82 Å². The quantitative estimate of drug-likeness (QED) is 0.551. The van der Waals surface area contributed by atoms with Crippen LogP contribution in [-0.2, 0) is 24.2 Å². The van der Waals surface area contributed by atoms with Crippen LogP contribution in [0.3, 0.4) is 0 Å². The summed E-state index contributed by atoms with van der Waals surface area (Å²) in [6.07, 6.45) is 0.415. The van der Waals surface area contributed by atoms with Gasteiger partial charge in [-0.05, 0) is 31.4 Å². The van der Waals surface area contributed by atoms with Crippen LogP contribution in [0, 0.1) is 12.8 Å². The van der Waals surface area contributed by atoms with Crippen LogP contribution >= 0.6 is 0 Å². The lowest BCUT2D eigenvalue weighted by Crippen LogP contribution is -2.46. The molecule has 11 heteroatoms. The molecule has 0 spiro atoms. The Balaban J connectivity index is 1.59. The molecule has 1 fully saturated rings. The van der Waals surface area contributed by atoms with Crippen molar-refractivity contribution in [2.45, 2.75) is 39.3 Å². The first-order valence-electron chi connectivity index (χ1n) is 10.6. The number of aryl methyl sites for hydroxylation is 1. The molecule has 1 unspecified atom stereocenters. The van der Waals surface area contributed by atoms with E-state index < -0.39 is 40.3 Å². The van der Waals surface area contributed by atoms with Crippen LogP contribution in [0.25, 0.3) is 0 Å². The molecule has 0 aliphatic carbocycles. The molecule has 0 saturated carbocycles. The molecule has 0 radical (unpaired) electrons. The van der Waals surface area contributed by atoms with Gasteiger partial charge in [-0.2, -0.15) is 5.10 Å². The number of ether oxygens (including phenoxy) is 1. The van der Waals surface area contributed by atoms with Gasteiger partial charge in [0.15, 0.2) is 16.4 Å². The number of sulfone groups is 1. The highest BCUT2D eigenvalue weighted by Crippen LogP contribution is 2.27. The number of hydrogen-bond donors (Lipinski definition) is 2. The largest absolute Gasteiger partial charge is 0.454 e. The standard InChI is InChI=1S/C22H28N4O6S/c1-14(2)20(24-21(28)16-7-5-4-6-8-16)22(29)32-12-19(27)23-18-11-15(3)25-26(18)17-9-10-33(30,31)13-17/h4-8,11,14,17,20H,9-10,12-13H2,1-3H3,(H,23,27)(H,24,28)/t17?,20-/m0/s1. The van der Waals surface area contributed by atoms with Gasteiger partial charge in [0.1, 0.15) is 11.9 Å². The van der Waals surface area contributed by atoms with Gasteiger partial charge < -0.3 is 15.4 Å². The lowest BCUT2D eigenvalue weighted by Gasteiger charge is -2.21. The fourth-order valence-electron chi connectivity index (χ4n) is 3.57. The maximum atomic E-state index is 12.6. The molecular formula is C22H28N4O6S. The Hall–Kier alpha value is -3.21. The first-order valence-corrected chi connectivity index (χ1v) is 12.5. The third-order valence-corrected chi connectivity index (χ3v) is 7.02. The number of esters is 1. The van der Waals surface area contributed by atoms with Gasteiger partial charge in [-0.15, -0.1) is 0 Å². The van der Waals surface area contributed by atoms with Gasteiger partial charge >= 0.3 is 5.97 Å². The topological polar surface area (TPSA) is 136 Å². The summed E-state index contributed by atoms with van der Waals surface area (Å²) in [7, 11) is -3.13. The van der Waals surface area contributed by atoms with E-state index >= 15 is 0 Å². The normalized spacial score (nSPS) is 18.0. The van der Waals surface area contributed by atoms with E-state index in [9.17, 15) is 22.8 Å². The van der Waals surface area contributed by atoms with Gasteiger partial charge in [0, 0.05) is 11.6 Å². The van der Waals surface area contributed by atoms with E-state index in [2.05, 4.69) is 15.7 Å². The monoisotopic (exact) mass is 476 g/mol. The third kappa shape index (κ3) is 6.41. The molecule has 1 aromatic carbocycles. The second-order valence-electron chi connectivity index (χ2n) is 8.39. The zero-order valence-electron chi connectivity index (χ0n) is 18.8. The van der Waals surface area contributed by atoms with Crippen LogP contribution in [0.5, 0.6) is 0 Å². The number of aromatic nitrogens is 2. The van der Waals surface area contributed by atoms with E-state index in [1.807, 2.05) is 0 Å². The maximum Gasteiger partial charge on any atom is 0.329 e. The third-order valence-electron chi connectivity index (χ3n) is 5.27. The average molecular weight is 477 g/mol. The number of carbonyl (C=O) groups is 3. The number of benzene rings is 1. The minimum atomic E-state index is -3.13. The molecule has 0 bridgehead atoms. The van der Waals surface area contributed by atoms with Crippen molar-refractivity contribution in [3.05, 3.63) is 47.7 Å². The van der Waals surface area contributed by atoms with Gasteiger partial charge in [-0.25, -0.2) is 17.9 Å². The zero-order valence-corrected chi connectivity index (χ0v) is 19.6. The molecule has 33 heavy (non-hydrogen) atoms. The highest BCUT2D eigenvalue weighted by molar-refractivity contribution is 7.91. The number of nitrogens with one attached hydrogen (secondary N) is 2. The van der Waals surface area contributed by atoms with Crippen LogP contribution in [0.2, 0.25) is 0 Å². The molecule has 2 heterocycles. The van der Waals surface area contributed by atoms with E-state index in [-0.39, 0.29) is 23.5 Å². The first kappa shape index (κ1) is 24.4. The predicted molar refractivity (Wildman–Crippen MR) is 121 cm³/mol. The molecule has 2 N–H and O–H groups in total. The number of anilines is 1. The van der Waals surface area contributed by atoms with E-state index in [0.29, 0.717) is 23.5 Å². The van der Waals surface area contributed by atoms with Crippen LogP contribution in [-0.4, -0.2) is 60.1 Å². The molecule has 2 amide bonds. The summed E-state index contributed by atoms with van der Waals surface area (Å²) in [5.41, 5.74) is 1.03. The molecule has 1 aliphatic rings. The summed E-state index contributed by atoms with van der Waals surface area (Å²) in [5.74, 6) is -1.62. The summed E-state index contributed by atoms with van der Waals surface area (Å²) >= 11 is 0. The van der Waals surface area contributed by atoms with E-state index in [0.717, 1.165) is 0 Å². The van der Waals surface area contributed by atoms with Gasteiger partial charge in [0.05, 0.1) is 23.2 Å². The summed E-state index contributed by atoms with van der Waals surface area (Å²) in [5, 5.41) is 9.58. The molecule has 1 saturated heterocycles. The average Bonchev–Trinajstić information content (AvgIpc) is 3.31. The summed E-state index contributed by atoms with van der Waals surface area (Å²) in [6, 6.07) is 8.81. The van der Waals surface area contributed by atoms with Gasteiger partial charge in [-0.3, -0.25) is 9.59 Å². The Labute approximate surface area is 192 Å². The molecule has 178 valence electrons. The lowest BCUT2D eigenvalue weighted by molar-refractivity contribution is -0.150. The fourth-order valence-corrected chi connectivity index (χ4v) is 5.27. The van der Waals surface area contributed by atoms with Gasteiger partial charge in [0.2, 0.25) is 0 Å². The van der Waals surface area contributed by atoms with Crippen molar-refractivity contribution in [2.75, 3.05) is 23.4 Å². The molecule has 3 rings (SSSR count). The van der Waals surface area contributed by atoms with Crippen LogP contribution in [0.15, 0.2) is 36.4 Å². The number of carbonyl (C=O) groups excluding carboxylic acids is 3. The van der Waals surface area contributed by atoms with Crippen molar-refractivity contribution in [3.63, 3.8) is 0 Å². The Morgan fingerprint density at radius 3 is 2.52 bits per heavy atom. The first-order chi connectivity index (χ1) is 15.6. The minimum absolute atomic E-state index is 0.0385. The Kier molecular flexibility index (Phi) is 7.52. The van der Waals surface area contributed by atoms with Crippen LogP contribution < -0.4 is 10.6 Å². The molecule has 2 atom stereocenters. The maximum absolute atomic E-state index is 12.6. The van der Waals surface area contributed by atoms with Crippen LogP contribution in [0.1, 0.15) is 42.4 Å². The van der Waals surface area contributed by atoms with Crippen molar-refractivity contribution < 1.29 is 27.5 Å². The van der Waals surface area contributed by atoms with E-state index in [1.54, 1.807) is 57.2 Å². The van der Waals surface area contributed by atoms with Gasteiger partial charge in [-0.1, -0.05) is 32.0 Å². The minimum Gasteiger partial charge on any atom is -0.454 e. The number of hydrogen-bond acceptors (Lipinski definition) is 7. The van der Waals surface area contributed by atoms with Crippen molar-refractivity contribution >= 4 is 33.4 Å². The fraction of sp³-hybridized carbons (Fsp3) is 0.455. The second-order valence-corrected chi connectivity index (χ2v) is 10.6. The zero-order chi connectivity index (χ0) is 24.2. The predicted octanol–water partition coefficient (Wildman–Crippen LogP) is 1.49. The van der Waals surface area contributed by atoms with Crippen molar-refractivity contribution in [3.8, 4) is 0 Å². The second kappa shape index (κ2) is 10.2. The SMILES string of the molecule is Cc1cc(NC(=O)COC(=O)[C@@H](NC(=O)c2ccccc2)C(C)C)n(C2CCS(=O)(=O)C2)n1. The molecule has 10 nitrogen and oxygen atoms in total. The molecule has 1 aromatic heterocycles. The van der Waals surface area contributed by atoms with Crippen molar-refractivity contribution in [1.29, 1.82) is 0 Å². The number of nitrogens with zero attached hydrogens (tertiary/aromatic N) is 2. The summed E-state index contributed by atoms with van der Waals surface area (Å²) < 4.78 is 30.3. The Morgan fingerprint density at radius 2 is 1.91 bits per heavy atom. The number of amides is 2. The van der Waals surface area contributed by atoms with Crippen molar-refractivity contribution in [2.24, 2.45) is 5.92 Å². The lowest BCUT2D eigenvalue weighted by atomic mass is 10.0. The van der Waals surface area contributed by atoms with E-state index in [4.69, 9.17) is 4.74 Å². The van der Waals surface area contributed by atoms with Gasteiger partial charge in [0.25, 0.3) is 11.8 Å². The van der Waals surface area contributed by atoms with Crippen molar-refractivity contribution in [1.82, 2.24) is 15.1 Å². The molecule has 1 aliphatic heterocycles. The smallest absolute Gasteiger partial charge is 0.329 e. The van der Waals surface area contributed by atoms with E-state index in [1.165, 1.54) is 4.68 Å². The molecule has 2 aromatic rings. The highest BCUT2D eigenvalue weighted by atomic mass is 32.2. The Bertz CT molecular complexity index is 1130. The summed E-state index contributed by atoms with van der Waals surface area (Å²) in [6.45, 7) is 4.69.